The average Bonchev–Trinajstić information content (AvgIpc) is 2.88. The number of halogens is 1. The summed E-state index contributed by atoms with van der Waals surface area (Å²) in [5.41, 5.74) is 5.03. The maximum atomic E-state index is 12.2. The van der Waals surface area contributed by atoms with Crippen molar-refractivity contribution in [2.24, 2.45) is 0 Å². The lowest BCUT2D eigenvalue weighted by Crippen LogP contribution is -2.40. The number of hydrogen-bond acceptors (Lipinski definition) is 6. The molecule has 1 atom stereocenters. The van der Waals surface area contributed by atoms with Gasteiger partial charge in [-0.15, -0.1) is 0 Å². The molecule has 0 aromatic carbocycles. The standard InChI is InChI=1S/C14H20ClN5O3/c1-14(2,3)23-13(22)20-5-4-8(6-20)19-12(21)10-9(15)11(16)18-7-17-10/h7-8H,4-6H2,1-3H3,(H,19,21)(H2,16,17,18)/t8-/m1/s1. The lowest BCUT2D eigenvalue weighted by atomic mass is 10.2. The molecule has 0 radical (unpaired) electrons. The lowest BCUT2D eigenvalue weighted by molar-refractivity contribution is 0.0290. The summed E-state index contributed by atoms with van der Waals surface area (Å²) in [6.07, 6.45) is 1.42. The van der Waals surface area contributed by atoms with Crippen molar-refractivity contribution in [1.82, 2.24) is 20.2 Å². The Morgan fingerprint density at radius 1 is 1.43 bits per heavy atom. The van der Waals surface area contributed by atoms with E-state index in [1.165, 1.54) is 6.33 Å². The van der Waals surface area contributed by atoms with Gasteiger partial charge in [0, 0.05) is 19.1 Å². The van der Waals surface area contributed by atoms with Crippen LogP contribution in [0.4, 0.5) is 10.6 Å². The Kier molecular flexibility index (Phi) is 4.93. The largest absolute Gasteiger partial charge is 0.444 e. The number of carbonyl (C=O) groups excluding carboxylic acids is 2. The lowest BCUT2D eigenvalue weighted by Gasteiger charge is -2.24. The normalized spacial score (nSPS) is 17.9. The topological polar surface area (TPSA) is 110 Å². The number of ether oxygens (including phenoxy) is 1. The van der Waals surface area contributed by atoms with Crippen molar-refractivity contribution in [2.75, 3.05) is 18.8 Å². The molecule has 126 valence electrons. The Hall–Kier alpha value is -2.09. The fourth-order valence-corrected chi connectivity index (χ4v) is 2.35. The van der Waals surface area contributed by atoms with Gasteiger partial charge in [0.1, 0.15) is 22.8 Å². The number of likely N-dealkylation sites (tertiary alicyclic amines) is 1. The zero-order valence-corrected chi connectivity index (χ0v) is 14.1. The molecule has 1 aliphatic rings. The number of nitrogens with two attached hydrogens (primary N) is 1. The summed E-state index contributed by atoms with van der Waals surface area (Å²) < 4.78 is 5.31. The molecule has 0 aliphatic carbocycles. The first-order valence-electron chi connectivity index (χ1n) is 7.22. The van der Waals surface area contributed by atoms with Gasteiger partial charge < -0.3 is 20.7 Å². The minimum atomic E-state index is -0.551. The number of nitrogens with zero attached hydrogens (tertiary/aromatic N) is 3. The van der Waals surface area contributed by atoms with E-state index >= 15 is 0 Å². The first kappa shape index (κ1) is 17.3. The van der Waals surface area contributed by atoms with Crippen LogP contribution in [0.3, 0.4) is 0 Å². The van der Waals surface area contributed by atoms with Gasteiger partial charge in [0.25, 0.3) is 5.91 Å². The molecule has 1 saturated heterocycles. The molecule has 8 nitrogen and oxygen atoms in total. The summed E-state index contributed by atoms with van der Waals surface area (Å²) in [5, 5.41) is 2.81. The van der Waals surface area contributed by atoms with Crippen molar-refractivity contribution < 1.29 is 14.3 Å². The second-order valence-corrected chi connectivity index (χ2v) is 6.68. The van der Waals surface area contributed by atoms with Crippen LogP contribution in [0.5, 0.6) is 0 Å². The van der Waals surface area contributed by atoms with Gasteiger partial charge >= 0.3 is 6.09 Å². The molecule has 1 aromatic rings. The highest BCUT2D eigenvalue weighted by Crippen LogP contribution is 2.20. The molecule has 3 N–H and O–H groups in total. The third kappa shape index (κ3) is 4.44. The molecule has 2 rings (SSSR count). The van der Waals surface area contributed by atoms with E-state index in [-0.39, 0.29) is 22.6 Å². The van der Waals surface area contributed by atoms with Crippen molar-refractivity contribution in [3.8, 4) is 0 Å². The van der Waals surface area contributed by atoms with Crippen LogP contribution in [0.2, 0.25) is 5.02 Å². The van der Waals surface area contributed by atoms with Gasteiger partial charge in [0.05, 0.1) is 0 Å². The maximum absolute atomic E-state index is 12.2. The van der Waals surface area contributed by atoms with E-state index in [0.717, 1.165) is 0 Å². The van der Waals surface area contributed by atoms with Gasteiger partial charge in [-0.2, -0.15) is 0 Å². The average molecular weight is 342 g/mol. The molecule has 2 heterocycles. The molecule has 2 amide bonds. The molecule has 1 aliphatic heterocycles. The number of hydrogen-bond donors (Lipinski definition) is 2. The molecular weight excluding hydrogens is 322 g/mol. The predicted molar refractivity (Wildman–Crippen MR) is 85.1 cm³/mol. The monoisotopic (exact) mass is 341 g/mol. The highest BCUT2D eigenvalue weighted by molar-refractivity contribution is 6.35. The van der Waals surface area contributed by atoms with E-state index in [1.807, 2.05) is 20.8 Å². The SMILES string of the molecule is CC(C)(C)OC(=O)N1CC[C@@H](NC(=O)c2ncnc(N)c2Cl)C1. The number of amides is 2. The Bertz CT molecular complexity index is 617. The van der Waals surface area contributed by atoms with E-state index in [1.54, 1.807) is 4.90 Å². The highest BCUT2D eigenvalue weighted by Gasteiger charge is 2.31. The van der Waals surface area contributed by atoms with Gasteiger partial charge in [-0.25, -0.2) is 14.8 Å². The summed E-state index contributed by atoms with van der Waals surface area (Å²) in [6, 6.07) is -0.192. The number of rotatable bonds is 2. The zero-order valence-electron chi connectivity index (χ0n) is 13.3. The molecule has 0 saturated carbocycles. The van der Waals surface area contributed by atoms with Crippen molar-refractivity contribution in [3.63, 3.8) is 0 Å². The third-order valence-corrected chi connectivity index (χ3v) is 3.58. The quantitative estimate of drug-likeness (QED) is 0.842. The summed E-state index contributed by atoms with van der Waals surface area (Å²) in [7, 11) is 0. The molecule has 0 unspecified atom stereocenters. The van der Waals surface area contributed by atoms with Crippen LogP contribution in [-0.4, -0.2) is 51.6 Å². The van der Waals surface area contributed by atoms with Gasteiger partial charge in [-0.05, 0) is 27.2 Å². The summed E-state index contributed by atoms with van der Waals surface area (Å²) in [4.78, 5) is 33.3. The van der Waals surface area contributed by atoms with Crippen LogP contribution in [-0.2, 0) is 4.74 Å². The second-order valence-electron chi connectivity index (χ2n) is 6.31. The minimum Gasteiger partial charge on any atom is -0.444 e. The second kappa shape index (κ2) is 6.57. The van der Waals surface area contributed by atoms with Gasteiger partial charge in [-0.3, -0.25) is 4.79 Å². The number of nitrogens with one attached hydrogen (secondary N) is 1. The number of nitrogen functional groups attached to an aromatic ring is 1. The highest BCUT2D eigenvalue weighted by atomic mass is 35.5. The van der Waals surface area contributed by atoms with E-state index in [0.29, 0.717) is 19.5 Å². The Balaban J connectivity index is 1.94. The molecule has 1 aromatic heterocycles. The van der Waals surface area contributed by atoms with Crippen LogP contribution in [0.1, 0.15) is 37.7 Å². The Morgan fingerprint density at radius 2 is 2.13 bits per heavy atom. The van der Waals surface area contributed by atoms with Gasteiger partial charge in [-0.1, -0.05) is 11.6 Å². The van der Waals surface area contributed by atoms with E-state index in [2.05, 4.69) is 15.3 Å². The number of anilines is 1. The molecule has 9 heteroatoms. The molecule has 1 fully saturated rings. The smallest absolute Gasteiger partial charge is 0.410 e. The van der Waals surface area contributed by atoms with E-state index in [9.17, 15) is 9.59 Å². The van der Waals surface area contributed by atoms with Crippen LogP contribution in [0.25, 0.3) is 0 Å². The zero-order chi connectivity index (χ0) is 17.2. The first-order chi connectivity index (χ1) is 10.7. The van der Waals surface area contributed by atoms with E-state index in [4.69, 9.17) is 22.1 Å². The summed E-state index contributed by atoms with van der Waals surface area (Å²) >= 11 is 5.93. The van der Waals surface area contributed by atoms with Crippen LogP contribution in [0, 0.1) is 0 Å². The first-order valence-corrected chi connectivity index (χ1v) is 7.60. The molecule has 0 bridgehead atoms. The van der Waals surface area contributed by atoms with Crippen molar-refractivity contribution >= 4 is 29.4 Å². The molecule has 23 heavy (non-hydrogen) atoms. The Labute approximate surface area is 139 Å². The Morgan fingerprint density at radius 3 is 2.78 bits per heavy atom. The van der Waals surface area contributed by atoms with Crippen molar-refractivity contribution in [1.29, 1.82) is 0 Å². The van der Waals surface area contributed by atoms with E-state index < -0.39 is 17.6 Å². The van der Waals surface area contributed by atoms with Crippen LogP contribution < -0.4 is 11.1 Å². The van der Waals surface area contributed by atoms with Crippen molar-refractivity contribution in [3.05, 3.63) is 17.0 Å². The van der Waals surface area contributed by atoms with Gasteiger partial charge in [0.15, 0.2) is 5.69 Å². The van der Waals surface area contributed by atoms with Crippen molar-refractivity contribution in [2.45, 2.75) is 38.8 Å². The molecule has 0 spiro atoms. The minimum absolute atomic E-state index is 0.0204. The third-order valence-electron chi connectivity index (χ3n) is 3.21. The fraction of sp³-hybridized carbons (Fsp3) is 0.571. The van der Waals surface area contributed by atoms with Gasteiger partial charge in [0.2, 0.25) is 0 Å². The predicted octanol–water partition coefficient (Wildman–Crippen LogP) is 1.45. The maximum Gasteiger partial charge on any atom is 0.410 e. The molecular formula is C14H20ClN5O3. The van der Waals surface area contributed by atoms with Crippen LogP contribution >= 0.6 is 11.6 Å². The number of carbonyl (C=O) groups is 2. The van der Waals surface area contributed by atoms with Crippen LogP contribution in [0.15, 0.2) is 6.33 Å². The summed E-state index contributed by atoms with van der Waals surface area (Å²) in [6.45, 7) is 6.31. The number of aromatic nitrogens is 2. The fourth-order valence-electron chi connectivity index (χ4n) is 2.17. The summed E-state index contributed by atoms with van der Waals surface area (Å²) in [5.74, 6) is -0.395.